The van der Waals surface area contributed by atoms with Crippen LogP contribution in [-0.4, -0.2) is 54.6 Å². The van der Waals surface area contributed by atoms with Gasteiger partial charge in [-0.15, -0.1) is 11.3 Å². The highest BCUT2D eigenvalue weighted by atomic mass is 32.2. The lowest BCUT2D eigenvalue weighted by atomic mass is 10.4. The summed E-state index contributed by atoms with van der Waals surface area (Å²) in [5, 5.41) is 1.62. The van der Waals surface area contributed by atoms with E-state index in [2.05, 4.69) is 4.98 Å². The predicted molar refractivity (Wildman–Crippen MR) is 79.5 cm³/mol. The number of rotatable bonds is 2. The summed E-state index contributed by atoms with van der Waals surface area (Å²) in [6.45, 7) is 1.51. The lowest BCUT2D eigenvalue weighted by molar-refractivity contribution is 0.355. The van der Waals surface area contributed by atoms with Gasteiger partial charge >= 0.3 is 0 Å². The van der Waals surface area contributed by atoms with Crippen LogP contribution in [-0.2, 0) is 19.9 Å². The van der Waals surface area contributed by atoms with Crippen molar-refractivity contribution in [3.05, 3.63) is 11.6 Å². The third kappa shape index (κ3) is 2.33. The number of nitrogens with two attached hydrogens (primary N) is 1. The molecule has 0 spiro atoms. The molecule has 8 nitrogen and oxygen atoms in total. The van der Waals surface area contributed by atoms with Crippen LogP contribution in [0.3, 0.4) is 0 Å². The van der Waals surface area contributed by atoms with Crippen LogP contribution in [0.1, 0.15) is 6.92 Å². The summed E-state index contributed by atoms with van der Waals surface area (Å²) in [5.74, 6) is -0.428. The number of thiazole rings is 1. The van der Waals surface area contributed by atoms with Crippen LogP contribution in [0.25, 0.3) is 4.96 Å². The van der Waals surface area contributed by atoms with Crippen molar-refractivity contribution in [3.63, 3.8) is 0 Å². The Labute approximate surface area is 126 Å². The Kier molecular flexibility index (Phi) is 3.28. The second kappa shape index (κ2) is 4.66. The Morgan fingerprint density at radius 1 is 1.48 bits per heavy atom. The van der Waals surface area contributed by atoms with Crippen molar-refractivity contribution in [1.82, 2.24) is 13.7 Å². The van der Waals surface area contributed by atoms with Gasteiger partial charge in [0.1, 0.15) is 0 Å². The van der Waals surface area contributed by atoms with E-state index in [1.54, 1.807) is 18.5 Å². The van der Waals surface area contributed by atoms with Gasteiger partial charge in [0.05, 0.1) is 11.5 Å². The highest BCUT2D eigenvalue weighted by Crippen LogP contribution is 2.28. The van der Waals surface area contributed by atoms with Crippen LogP contribution in [0.2, 0.25) is 0 Å². The van der Waals surface area contributed by atoms with Gasteiger partial charge in [-0.2, -0.15) is 4.31 Å². The van der Waals surface area contributed by atoms with Gasteiger partial charge in [-0.1, -0.05) is 0 Å². The number of imidazole rings is 1. The lowest BCUT2D eigenvalue weighted by Gasteiger charge is -2.31. The smallest absolute Gasteiger partial charge is 0.263 e. The van der Waals surface area contributed by atoms with Gasteiger partial charge in [-0.25, -0.2) is 21.8 Å². The first-order valence-corrected chi connectivity index (χ1v) is 10.3. The molecule has 116 valence electrons. The molecule has 1 unspecified atom stereocenters. The zero-order valence-electron chi connectivity index (χ0n) is 11.1. The standard InChI is InChI=1S/C10H14N4O4S3/c1-7-6-20(15,16)5-3-14(7)21(17,18)9-8(11)12-10-13(9)2-4-19-10/h2,4,7H,3,5-6,11H2,1H3. The van der Waals surface area contributed by atoms with Crippen molar-refractivity contribution in [3.8, 4) is 0 Å². The van der Waals surface area contributed by atoms with E-state index in [0.717, 1.165) is 0 Å². The third-order valence-electron chi connectivity index (χ3n) is 3.41. The van der Waals surface area contributed by atoms with E-state index in [4.69, 9.17) is 5.73 Å². The number of sulfonamides is 1. The Morgan fingerprint density at radius 3 is 2.86 bits per heavy atom. The maximum Gasteiger partial charge on any atom is 0.263 e. The summed E-state index contributed by atoms with van der Waals surface area (Å²) >= 11 is 1.28. The Morgan fingerprint density at radius 2 is 2.19 bits per heavy atom. The van der Waals surface area contributed by atoms with Gasteiger partial charge < -0.3 is 5.73 Å². The fourth-order valence-electron chi connectivity index (χ4n) is 2.49. The lowest BCUT2D eigenvalue weighted by Crippen LogP contribution is -2.49. The van der Waals surface area contributed by atoms with Crippen LogP contribution < -0.4 is 5.73 Å². The number of nitrogens with zero attached hydrogens (tertiary/aromatic N) is 3. The molecule has 0 aliphatic carbocycles. The van der Waals surface area contributed by atoms with Crippen molar-refractivity contribution in [2.75, 3.05) is 23.8 Å². The average Bonchev–Trinajstić information content (AvgIpc) is 2.85. The van der Waals surface area contributed by atoms with Crippen molar-refractivity contribution in [1.29, 1.82) is 0 Å². The molecule has 2 aromatic rings. The van der Waals surface area contributed by atoms with E-state index in [1.807, 2.05) is 0 Å². The Hall–Kier alpha value is -1.17. The molecule has 3 rings (SSSR count). The number of hydrogen-bond donors (Lipinski definition) is 1. The summed E-state index contributed by atoms with van der Waals surface area (Å²) < 4.78 is 51.4. The van der Waals surface area contributed by atoms with E-state index in [1.165, 1.54) is 20.0 Å². The van der Waals surface area contributed by atoms with Gasteiger partial charge in [-0.3, -0.25) is 4.40 Å². The molecule has 21 heavy (non-hydrogen) atoms. The van der Waals surface area contributed by atoms with E-state index in [-0.39, 0.29) is 28.9 Å². The number of sulfone groups is 1. The summed E-state index contributed by atoms with van der Waals surface area (Å²) in [4.78, 5) is 4.51. The molecule has 1 aliphatic heterocycles. The average molecular weight is 350 g/mol. The monoisotopic (exact) mass is 350 g/mol. The summed E-state index contributed by atoms with van der Waals surface area (Å²) in [6, 6.07) is -0.627. The fourth-order valence-corrected chi connectivity index (χ4v) is 6.84. The van der Waals surface area contributed by atoms with E-state index < -0.39 is 25.9 Å². The van der Waals surface area contributed by atoms with Gasteiger partial charge in [0.15, 0.2) is 25.6 Å². The molecule has 0 saturated carbocycles. The first kappa shape index (κ1) is 14.8. The van der Waals surface area contributed by atoms with Crippen molar-refractivity contribution >= 4 is 42.0 Å². The number of nitrogen functional groups attached to an aromatic ring is 1. The summed E-state index contributed by atoms with van der Waals surface area (Å²) in [6.07, 6.45) is 1.58. The molecule has 0 aromatic carbocycles. The van der Waals surface area contributed by atoms with Crippen LogP contribution in [0.4, 0.5) is 5.82 Å². The summed E-state index contributed by atoms with van der Waals surface area (Å²) in [5.41, 5.74) is 5.74. The maximum absolute atomic E-state index is 12.8. The first-order chi connectivity index (χ1) is 9.72. The molecule has 11 heteroatoms. The molecule has 1 aliphatic rings. The largest absolute Gasteiger partial charge is 0.381 e. The zero-order valence-corrected chi connectivity index (χ0v) is 13.6. The molecule has 1 saturated heterocycles. The summed E-state index contributed by atoms with van der Waals surface area (Å²) in [7, 11) is -7.09. The Balaban J connectivity index is 2.09. The topological polar surface area (TPSA) is 115 Å². The molecule has 1 fully saturated rings. The highest BCUT2D eigenvalue weighted by molar-refractivity contribution is 7.92. The minimum Gasteiger partial charge on any atom is -0.381 e. The number of anilines is 1. The maximum atomic E-state index is 12.8. The number of fused-ring (bicyclic) bond motifs is 1. The van der Waals surface area contributed by atoms with Gasteiger partial charge in [-0.05, 0) is 6.92 Å². The van der Waals surface area contributed by atoms with Crippen molar-refractivity contribution in [2.24, 2.45) is 0 Å². The first-order valence-electron chi connectivity index (χ1n) is 6.16. The van der Waals surface area contributed by atoms with Crippen LogP contribution >= 0.6 is 11.3 Å². The fraction of sp³-hybridized carbons (Fsp3) is 0.500. The highest BCUT2D eigenvalue weighted by Gasteiger charge is 2.39. The van der Waals surface area contributed by atoms with Crippen LogP contribution in [0, 0.1) is 0 Å². The van der Waals surface area contributed by atoms with Gasteiger partial charge in [0.25, 0.3) is 10.0 Å². The molecule has 2 N–H and O–H groups in total. The number of aromatic nitrogens is 2. The quantitative estimate of drug-likeness (QED) is 0.801. The van der Waals surface area contributed by atoms with Crippen molar-refractivity contribution in [2.45, 2.75) is 18.0 Å². The molecular formula is C10H14N4O4S3. The molecule has 0 amide bonds. The molecular weight excluding hydrogens is 336 g/mol. The van der Waals surface area contributed by atoms with Gasteiger partial charge in [0, 0.05) is 24.2 Å². The van der Waals surface area contributed by atoms with Crippen LogP contribution in [0.15, 0.2) is 16.6 Å². The molecule has 3 heterocycles. The zero-order chi connectivity index (χ0) is 15.4. The van der Waals surface area contributed by atoms with E-state index >= 15 is 0 Å². The van der Waals surface area contributed by atoms with Crippen molar-refractivity contribution < 1.29 is 16.8 Å². The SMILES string of the molecule is CC1CS(=O)(=O)CCN1S(=O)(=O)c1c(N)nc2sccn12. The molecule has 0 bridgehead atoms. The van der Waals surface area contributed by atoms with Gasteiger partial charge in [0.2, 0.25) is 0 Å². The second-order valence-corrected chi connectivity index (χ2v) is 9.84. The predicted octanol–water partition coefficient (Wildman–Crippen LogP) is -0.214. The van der Waals surface area contributed by atoms with E-state index in [0.29, 0.717) is 4.96 Å². The molecule has 0 radical (unpaired) electrons. The normalized spacial score (nSPS) is 23.6. The van der Waals surface area contributed by atoms with Crippen LogP contribution in [0.5, 0.6) is 0 Å². The second-order valence-electron chi connectivity index (χ2n) is 4.94. The Bertz CT molecular complexity index is 896. The minimum absolute atomic E-state index is 0.0668. The third-order valence-corrected chi connectivity index (χ3v) is 8.01. The molecule has 2 aromatic heterocycles. The minimum atomic E-state index is -3.89. The molecule has 1 atom stereocenters. The van der Waals surface area contributed by atoms with E-state index in [9.17, 15) is 16.8 Å². The number of hydrogen-bond acceptors (Lipinski definition) is 7.